The number of anilines is 1. The van der Waals surface area contributed by atoms with Crippen LogP contribution in [-0.4, -0.2) is 36.3 Å². The SMILES string of the molecule is COc1cc(/C=N/NC(=O)c2ccc(COc3ccc(-n4c(C)ccc4C)cc3)o2)cc(I)c1OCC(=O)Nc1ccc(Cl)cc1. The van der Waals surface area contributed by atoms with Crippen LogP contribution in [0.1, 0.15) is 33.3 Å². The molecule has 0 fully saturated rings. The Kier molecular flexibility index (Phi) is 10.7. The molecule has 0 aliphatic heterocycles. The van der Waals surface area contributed by atoms with Crippen molar-refractivity contribution in [1.82, 2.24) is 9.99 Å². The summed E-state index contributed by atoms with van der Waals surface area (Å²) >= 11 is 7.96. The van der Waals surface area contributed by atoms with Gasteiger partial charge in [-0.1, -0.05) is 11.6 Å². The van der Waals surface area contributed by atoms with E-state index in [4.69, 9.17) is 30.2 Å². The summed E-state index contributed by atoms with van der Waals surface area (Å²) in [6, 6.07) is 25.4. The van der Waals surface area contributed by atoms with Gasteiger partial charge in [0.15, 0.2) is 23.9 Å². The van der Waals surface area contributed by atoms with Crippen LogP contribution < -0.4 is 25.0 Å². The number of benzene rings is 3. The van der Waals surface area contributed by atoms with Crippen LogP contribution in [0.3, 0.4) is 0 Å². The Morgan fingerprint density at radius 3 is 2.37 bits per heavy atom. The average Bonchev–Trinajstić information content (AvgIpc) is 3.66. The van der Waals surface area contributed by atoms with Crippen LogP contribution in [0.15, 0.2) is 94.4 Å². The molecule has 2 aromatic heterocycles. The van der Waals surface area contributed by atoms with Gasteiger partial charge < -0.3 is 28.5 Å². The van der Waals surface area contributed by atoms with Crippen molar-refractivity contribution in [2.45, 2.75) is 20.5 Å². The summed E-state index contributed by atoms with van der Waals surface area (Å²) in [7, 11) is 1.49. The zero-order valence-corrected chi connectivity index (χ0v) is 28.1. The van der Waals surface area contributed by atoms with Crippen molar-refractivity contribution < 1.29 is 28.2 Å². The summed E-state index contributed by atoms with van der Waals surface area (Å²) in [5.41, 5.74) is 7.07. The lowest BCUT2D eigenvalue weighted by molar-refractivity contribution is -0.118. The second kappa shape index (κ2) is 15.0. The van der Waals surface area contributed by atoms with Gasteiger partial charge in [0.1, 0.15) is 18.1 Å². The average molecular weight is 753 g/mol. The topological polar surface area (TPSA) is 116 Å². The fraction of sp³-hybridized carbons (Fsp3) is 0.147. The number of aromatic nitrogens is 1. The third kappa shape index (κ3) is 8.29. The molecule has 0 radical (unpaired) electrons. The molecular formula is C34H30ClIN4O6. The molecular weight excluding hydrogens is 723 g/mol. The molecule has 0 bridgehead atoms. The van der Waals surface area contributed by atoms with Gasteiger partial charge in [0.05, 0.1) is 16.9 Å². The van der Waals surface area contributed by atoms with Gasteiger partial charge in [-0.2, -0.15) is 5.10 Å². The van der Waals surface area contributed by atoms with Crippen molar-refractivity contribution >= 4 is 57.9 Å². The second-order valence-electron chi connectivity index (χ2n) is 10.1. The highest BCUT2D eigenvalue weighted by molar-refractivity contribution is 14.1. The normalized spacial score (nSPS) is 11.0. The molecule has 0 unspecified atom stereocenters. The molecule has 0 saturated carbocycles. The van der Waals surface area contributed by atoms with Gasteiger partial charge >= 0.3 is 5.91 Å². The number of aryl methyl sites for hydroxylation is 2. The first-order chi connectivity index (χ1) is 22.2. The number of carbonyl (C=O) groups is 2. The van der Waals surface area contributed by atoms with Gasteiger partial charge in [-0.05, 0) is 127 Å². The summed E-state index contributed by atoms with van der Waals surface area (Å²) in [5.74, 6) is 1.22. The first-order valence-corrected chi connectivity index (χ1v) is 15.5. The maximum absolute atomic E-state index is 12.6. The fourth-order valence-corrected chi connectivity index (χ4v) is 5.45. The molecule has 46 heavy (non-hydrogen) atoms. The quantitative estimate of drug-likeness (QED) is 0.0785. The minimum Gasteiger partial charge on any atom is -0.493 e. The van der Waals surface area contributed by atoms with Crippen LogP contribution in [0.5, 0.6) is 17.2 Å². The van der Waals surface area contributed by atoms with Gasteiger partial charge in [0, 0.05) is 27.8 Å². The Bertz CT molecular complexity index is 1850. The minimum absolute atomic E-state index is 0.0949. The summed E-state index contributed by atoms with van der Waals surface area (Å²) in [5, 5.41) is 7.36. The minimum atomic E-state index is -0.516. The Hall–Kier alpha value is -4.75. The molecule has 0 atom stereocenters. The van der Waals surface area contributed by atoms with E-state index in [0.29, 0.717) is 42.9 Å². The lowest BCUT2D eigenvalue weighted by atomic mass is 10.2. The number of halogens is 2. The third-order valence-corrected chi connectivity index (χ3v) is 7.79. The maximum Gasteiger partial charge on any atom is 0.307 e. The second-order valence-corrected chi connectivity index (χ2v) is 11.7. The first-order valence-electron chi connectivity index (χ1n) is 14.1. The number of nitrogens with one attached hydrogen (secondary N) is 2. The largest absolute Gasteiger partial charge is 0.493 e. The molecule has 2 amide bonds. The molecule has 3 aromatic carbocycles. The highest BCUT2D eigenvalue weighted by Crippen LogP contribution is 2.33. The van der Waals surface area contributed by atoms with Crippen LogP contribution in [0.25, 0.3) is 5.69 Å². The number of ether oxygens (including phenoxy) is 3. The van der Waals surface area contributed by atoms with E-state index in [9.17, 15) is 9.59 Å². The van der Waals surface area contributed by atoms with Crippen molar-refractivity contribution in [2.75, 3.05) is 19.0 Å². The number of hydrogen-bond acceptors (Lipinski definition) is 7. The van der Waals surface area contributed by atoms with Crippen LogP contribution in [0, 0.1) is 17.4 Å². The van der Waals surface area contributed by atoms with Gasteiger partial charge in [-0.15, -0.1) is 0 Å². The molecule has 5 aromatic rings. The Balaban J connectivity index is 1.12. The lowest BCUT2D eigenvalue weighted by Gasteiger charge is -2.13. The van der Waals surface area contributed by atoms with Crippen LogP contribution >= 0.6 is 34.2 Å². The fourth-order valence-electron chi connectivity index (χ4n) is 4.54. The van der Waals surface area contributed by atoms with Crippen LogP contribution in [0.2, 0.25) is 5.02 Å². The predicted molar refractivity (Wildman–Crippen MR) is 185 cm³/mol. The van der Waals surface area contributed by atoms with E-state index in [-0.39, 0.29) is 24.9 Å². The molecule has 10 nitrogen and oxygen atoms in total. The standard InChI is InChI=1S/C34H30ClIN4O6/c1-21-4-5-22(2)40(21)26-10-12-27(13-11-26)44-19-28-14-15-30(46-28)34(42)39-37-18-23-16-29(36)33(31(17-23)43-3)45-20-32(41)38-25-8-6-24(35)7-9-25/h4-18H,19-20H2,1-3H3,(H,38,41)(H,39,42)/b37-18+. The van der Waals surface area contributed by atoms with Crippen molar-refractivity contribution in [3.05, 3.63) is 122 Å². The van der Waals surface area contributed by atoms with E-state index in [1.807, 2.05) is 24.3 Å². The Morgan fingerprint density at radius 2 is 1.67 bits per heavy atom. The van der Waals surface area contributed by atoms with E-state index < -0.39 is 5.91 Å². The van der Waals surface area contributed by atoms with Gasteiger partial charge in [0.2, 0.25) is 0 Å². The number of amides is 2. The van der Waals surface area contributed by atoms with Crippen LogP contribution in [-0.2, 0) is 11.4 Å². The smallest absolute Gasteiger partial charge is 0.307 e. The summed E-state index contributed by atoms with van der Waals surface area (Å²) in [6.45, 7) is 4.06. The molecule has 0 saturated heterocycles. The van der Waals surface area contributed by atoms with Crippen molar-refractivity contribution in [3.63, 3.8) is 0 Å². The number of hydrogen-bond donors (Lipinski definition) is 2. The molecule has 2 N–H and O–H groups in total. The van der Waals surface area contributed by atoms with Crippen LogP contribution in [0.4, 0.5) is 5.69 Å². The zero-order valence-electron chi connectivity index (χ0n) is 25.2. The van der Waals surface area contributed by atoms with Gasteiger partial charge in [-0.3, -0.25) is 9.59 Å². The maximum atomic E-state index is 12.6. The number of rotatable bonds is 12. The zero-order chi connectivity index (χ0) is 32.6. The van der Waals surface area contributed by atoms with Gasteiger partial charge in [0.25, 0.3) is 5.91 Å². The highest BCUT2D eigenvalue weighted by Gasteiger charge is 2.15. The summed E-state index contributed by atoms with van der Waals surface area (Å²) in [4.78, 5) is 25.0. The van der Waals surface area contributed by atoms with Crippen molar-refractivity contribution in [2.24, 2.45) is 5.10 Å². The van der Waals surface area contributed by atoms with Crippen molar-refractivity contribution in [1.29, 1.82) is 0 Å². The molecule has 12 heteroatoms. The molecule has 0 spiro atoms. The first kappa shape index (κ1) is 32.6. The number of carbonyl (C=O) groups excluding carboxylic acids is 2. The van der Waals surface area contributed by atoms with Gasteiger partial charge in [-0.25, -0.2) is 5.43 Å². The monoisotopic (exact) mass is 752 g/mol. The Labute approximate surface area is 284 Å². The molecule has 0 aliphatic carbocycles. The summed E-state index contributed by atoms with van der Waals surface area (Å²) < 4.78 is 25.6. The van der Waals surface area contributed by atoms with E-state index >= 15 is 0 Å². The molecule has 5 rings (SSSR count). The number of methoxy groups -OCH3 is 1. The number of hydrazone groups is 1. The predicted octanol–water partition coefficient (Wildman–Crippen LogP) is 7.31. The molecule has 0 aliphatic rings. The van der Waals surface area contributed by atoms with Crippen molar-refractivity contribution in [3.8, 4) is 22.9 Å². The number of nitrogens with zero attached hydrogens (tertiary/aromatic N) is 2. The van der Waals surface area contributed by atoms with E-state index in [1.54, 1.807) is 48.5 Å². The lowest BCUT2D eigenvalue weighted by Crippen LogP contribution is -2.20. The van der Waals surface area contributed by atoms with E-state index in [1.165, 1.54) is 13.3 Å². The summed E-state index contributed by atoms with van der Waals surface area (Å²) in [6.07, 6.45) is 1.47. The molecule has 2 heterocycles. The van der Waals surface area contributed by atoms with E-state index in [2.05, 4.69) is 69.0 Å². The Morgan fingerprint density at radius 1 is 0.957 bits per heavy atom. The molecule has 236 valence electrons. The highest BCUT2D eigenvalue weighted by atomic mass is 127. The number of furan rings is 1. The third-order valence-electron chi connectivity index (χ3n) is 6.74. The van der Waals surface area contributed by atoms with E-state index in [0.717, 1.165) is 17.1 Å².